The van der Waals surface area contributed by atoms with E-state index in [9.17, 15) is 4.79 Å². The minimum absolute atomic E-state index is 0.443. The van der Waals surface area contributed by atoms with E-state index in [0.29, 0.717) is 42.1 Å². The van der Waals surface area contributed by atoms with Crippen molar-refractivity contribution >= 4 is 17.7 Å². The van der Waals surface area contributed by atoms with Crippen LogP contribution < -0.4 is 16.0 Å². The lowest BCUT2D eigenvalue weighted by atomic mass is 10.1. The number of aromatic amines is 1. The first kappa shape index (κ1) is 22.9. The zero-order valence-corrected chi connectivity index (χ0v) is 18.7. The molecule has 0 fully saturated rings. The summed E-state index contributed by atoms with van der Waals surface area (Å²) in [5.74, 6) is 2.46. The number of rotatable bonds is 7. The first-order chi connectivity index (χ1) is 15.3. The summed E-state index contributed by atoms with van der Waals surface area (Å²) in [7, 11) is 1.71. The van der Waals surface area contributed by atoms with E-state index in [0.717, 1.165) is 12.0 Å². The van der Waals surface area contributed by atoms with Gasteiger partial charge in [-0.3, -0.25) is 15.4 Å². The number of anilines is 1. The van der Waals surface area contributed by atoms with Gasteiger partial charge in [0.05, 0.1) is 12.8 Å². The molecule has 0 unspecified atom stereocenters. The van der Waals surface area contributed by atoms with Crippen LogP contribution in [-0.4, -0.2) is 46.4 Å². The molecule has 0 atom stereocenters. The zero-order chi connectivity index (χ0) is 23.0. The fraction of sp³-hybridized carbons (Fsp3) is 0.364. The van der Waals surface area contributed by atoms with Gasteiger partial charge in [0.15, 0.2) is 11.7 Å². The van der Waals surface area contributed by atoms with Gasteiger partial charge in [0.25, 0.3) is 0 Å². The maximum atomic E-state index is 11.8. The number of benzene rings is 1. The number of guanidine groups is 1. The highest BCUT2D eigenvalue weighted by Gasteiger charge is 2.16. The summed E-state index contributed by atoms with van der Waals surface area (Å²) < 4.78 is 10.5. The van der Waals surface area contributed by atoms with Gasteiger partial charge < -0.3 is 19.8 Å². The number of H-pyrrole nitrogens is 1. The van der Waals surface area contributed by atoms with Gasteiger partial charge in [-0.25, -0.2) is 9.78 Å². The van der Waals surface area contributed by atoms with Gasteiger partial charge in [-0.05, 0) is 57.0 Å². The molecule has 10 nitrogen and oxygen atoms in total. The fourth-order valence-corrected chi connectivity index (χ4v) is 2.78. The van der Waals surface area contributed by atoms with Gasteiger partial charge in [0.1, 0.15) is 11.4 Å². The lowest BCUT2D eigenvalue weighted by Gasteiger charge is -2.19. The number of furan rings is 1. The summed E-state index contributed by atoms with van der Waals surface area (Å²) in [4.78, 5) is 20.4. The van der Waals surface area contributed by atoms with E-state index in [2.05, 4.69) is 36.1 Å². The predicted molar refractivity (Wildman–Crippen MR) is 122 cm³/mol. The van der Waals surface area contributed by atoms with Crippen LogP contribution in [0.1, 0.15) is 32.2 Å². The Balaban J connectivity index is 1.40. The molecule has 4 N–H and O–H groups in total. The Labute approximate surface area is 186 Å². The Hall–Kier alpha value is -3.82. The Morgan fingerprint density at radius 1 is 1.19 bits per heavy atom. The van der Waals surface area contributed by atoms with Gasteiger partial charge in [-0.15, -0.1) is 5.10 Å². The van der Waals surface area contributed by atoms with E-state index in [1.165, 1.54) is 0 Å². The van der Waals surface area contributed by atoms with Crippen molar-refractivity contribution in [3.63, 3.8) is 0 Å². The SMILES string of the molecule is CN=C(NCCc1ccc(NC(=O)OC(C)(C)C)cc1)NCc1nc(-c2ccco2)n[nH]1. The number of ether oxygens (including phenoxy) is 1. The summed E-state index contributed by atoms with van der Waals surface area (Å²) in [6.07, 6.45) is 1.91. The van der Waals surface area contributed by atoms with E-state index in [-0.39, 0.29) is 0 Å². The summed E-state index contributed by atoms with van der Waals surface area (Å²) in [5.41, 5.74) is 1.28. The first-order valence-corrected chi connectivity index (χ1v) is 10.3. The van der Waals surface area contributed by atoms with E-state index < -0.39 is 11.7 Å². The molecule has 3 aromatic rings. The number of hydrogen-bond donors (Lipinski definition) is 4. The normalized spacial score (nSPS) is 11.8. The third kappa shape index (κ3) is 7.15. The number of nitrogens with one attached hydrogen (secondary N) is 4. The van der Waals surface area contributed by atoms with Crippen LogP contribution in [0.3, 0.4) is 0 Å². The van der Waals surface area contributed by atoms with E-state index in [1.807, 2.05) is 45.0 Å². The highest BCUT2D eigenvalue weighted by atomic mass is 16.6. The number of carbonyl (C=O) groups excluding carboxylic acids is 1. The van der Waals surface area contributed by atoms with Crippen molar-refractivity contribution in [1.82, 2.24) is 25.8 Å². The second-order valence-electron chi connectivity index (χ2n) is 8.01. The smallest absolute Gasteiger partial charge is 0.412 e. The minimum Gasteiger partial charge on any atom is -0.461 e. The number of amides is 1. The molecule has 0 spiro atoms. The lowest BCUT2D eigenvalue weighted by Crippen LogP contribution is -2.38. The minimum atomic E-state index is -0.530. The Bertz CT molecular complexity index is 1020. The molecule has 10 heteroatoms. The topological polar surface area (TPSA) is 129 Å². The number of aliphatic imine (C=N–C) groups is 1. The van der Waals surface area contributed by atoms with Crippen molar-refractivity contribution in [1.29, 1.82) is 0 Å². The average Bonchev–Trinajstić information content (AvgIpc) is 3.42. The van der Waals surface area contributed by atoms with Crippen molar-refractivity contribution in [3.8, 4) is 11.6 Å². The second kappa shape index (κ2) is 10.5. The molecule has 170 valence electrons. The second-order valence-corrected chi connectivity index (χ2v) is 8.01. The molecule has 0 bridgehead atoms. The average molecular weight is 440 g/mol. The third-order valence-electron chi connectivity index (χ3n) is 4.23. The van der Waals surface area contributed by atoms with Crippen molar-refractivity contribution in [2.24, 2.45) is 4.99 Å². The summed E-state index contributed by atoms with van der Waals surface area (Å²) in [6, 6.07) is 11.2. The van der Waals surface area contributed by atoms with Crippen LogP contribution in [-0.2, 0) is 17.7 Å². The van der Waals surface area contributed by atoms with Gasteiger partial charge in [0.2, 0.25) is 5.82 Å². The molecule has 2 heterocycles. The molecular formula is C22H29N7O3. The molecule has 0 radical (unpaired) electrons. The standard InChI is InChI=1S/C22H29N7O3/c1-22(2,3)32-21(30)26-16-9-7-15(8-10-16)11-12-24-20(23-4)25-14-18-27-19(29-28-18)17-6-5-13-31-17/h5-10,13H,11-12,14H2,1-4H3,(H,26,30)(H2,23,24,25)(H,27,28,29). The van der Waals surface area contributed by atoms with Crippen molar-refractivity contribution in [2.75, 3.05) is 18.9 Å². The zero-order valence-electron chi connectivity index (χ0n) is 18.7. The van der Waals surface area contributed by atoms with Gasteiger partial charge in [0, 0.05) is 19.3 Å². The van der Waals surface area contributed by atoms with Crippen LogP contribution in [0.2, 0.25) is 0 Å². The number of nitrogens with zero attached hydrogens (tertiary/aromatic N) is 3. The van der Waals surface area contributed by atoms with Crippen LogP contribution in [0.5, 0.6) is 0 Å². The molecule has 1 amide bonds. The van der Waals surface area contributed by atoms with E-state index in [4.69, 9.17) is 9.15 Å². The molecule has 2 aromatic heterocycles. The molecule has 0 aliphatic rings. The maximum absolute atomic E-state index is 11.8. The van der Waals surface area contributed by atoms with Gasteiger partial charge in [-0.1, -0.05) is 12.1 Å². The molecule has 0 aliphatic heterocycles. The third-order valence-corrected chi connectivity index (χ3v) is 4.23. The van der Waals surface area contributed by atoms with Crippen LogP contribution in [0.4, 0.5) is 10.5 Å². The number of carbonyl (C=O) groups is 1. The van der Waals surface area contributed by atoms with Crippen LogP contribution in [0.25, 0.3) is 11.6 Å². The van der Waals surface area contributed by atoms with Crippen molar-refractivity contribution in [3.05, 3.63) is 54.0 Å². The molecule has 0 saturated carbocycles. The first-order valence-electron chi connectivity index (χ1n) is 10.3. The quantitative estimate of drug-likeness (QED) is 0.328. The molecule has 0 saturated heterocycles. The Morgan fingerprint density at radius 3 is 2.62 bits per heavy atom. The lowest BCUT2D eigenvalue weighted by molar-refractivity contribution is 0.0636. The highest BCUT2D eigenvalue weighted by molar-refractivity contribution is 5.84. The monoisotopic (exact) mass is 439 g/mol. The molecule has 1 aromatic carbocycles. The summed E-state index contributed by atoms with van der Waals surface area (Å²) in [6.45, 7) is 6.62. The largest absolute Gasteiger partial charge is 0.461 e. The van der Waals surface area contributed by atoms with Crippen molar-refractivity contribution in [2.45, 2.75) is 39.3 Å². The van der Waals surface area contributed by atoms with Gasteiger partial charge >= 0.3 is 6.09 Å². The maximum Gasteiger partial charge on any atom is 0.412 e. The Kier molecular flexibility index (Phi) is 7.48. The number of aromatic nitrogens is 3. The summed E-state index contributed by atoms with van der Waals surface area (Å²) in [5, 5.41) is 16.2. The van der Waals surface area contributed by atoms with E-state index >= 15 is 0 Å². The molecule has 32 heavy (non-hydrogen) atoms. The van der Waals surface area contributed by atoms with Crippen LogP contribution >= 0.6 is 0 Å². The fourth-order valence-electron chi connectivity index (χ4n) is 2.78. The molecule has 0 aliphatic carbocycles. The van der Waals surface area contributed by atoms with Gasteiger partial charge in [-0.2, -0.15) is 0 Å². The Morgan fingerprint density at radius 2 is 1.97 bits per heavy atom. The van der Waals surface area contributed by atoms with Crippen LogP contribution in [0, 0.1) is 0 Å². The molecular weight excluding hydrogens is 410 g/mol. The van der Waals surface area contributed by atoms with E-state index in [1.54, 1.807) is 25.4 Å². The number of hydrogen-bond acceptors (Lipinski definition) is 6. The predicted octanol–water partition coefficient (Wildman–Crippen LogP) is 3.32. The van der Waals surface area contributed by atoms with Crippen LogP contribution in [0.15, 0.2) is 52.1 Å². The highest BCUT2D eigenvalue weighted by Crippen LogP contribution is 2.14. The van der Waals surface area contributed by atoms with Crippen molar-refractivity contribution < 1.29 is 13.9 Å². The summed E-state index contributed by atoms with van der Waals surface area (Å²) >= 11 is 0. The molecule has 3 rings (SSSR count).